The Morgan fingerprint density at radius 2 is 1.93 bits per heavy atom. The number of nitrogens with zero attached hydrogens (tertiary/aromatic N) is 1. The van der Waals surface area contributed by atoms with E-state index in [0.717, 1.165) is 24.0 Å². The zero-order valence-corrected chi connectivity index (χ0v) is 23.2. The molecule has 1 amide bonds. The minimum Gasteiger partial charge on any atom is -0.458 e. The highest BCUT2D eigenvalue weighted by Gasteiger charge is 2.68. The third-order valence-corrected chi connectivity index (χ3v) is 10.4. The summed E-state index contributed by atoms with van der Waals surface area (Å²) >= 11 is 0. The number of hydrogen-bond acceptors (Lipinski definition) is 8. The molecule has 3 saturated carbocycles. The molecule has 0 saturated heterocycles. The molecule has 5 rings (SSSR count). The second-order valence-corrected chi connectivity index (χ2v) is 12.5. The van der Waals surface area contributed by atoms with Crippen molar-refractivity contribution in [3.8, 4) is 0 Å². The Morgan fingerprint density at radius 3 is 2.67 bits per heavy atom. The van der Waals surface area contributed by atoms with Crippen LogP contribution < -0.4 is 5.32 Å². The van der Waals surface area contributed by atoms with Crippen molar-refractivity contribution in [3.63, 3.8) is 0 Å². The minimum atomic E-state index is -1.76. The molecular weight excluding hydrogens is 512 g/mol. The lowest BCUT2D eigenvalue weighted by Crippen LogP contribution is -2.61. The number of esters is 1. The summed E-state index contributed by atoms with van der Waals surface area (Å²) in [5.41, 5.74) is -1.15. The van der Waals surface area contributed by atoms with Crippen molar-refractivity contribution < 1.29 is 33.8 Å². The lowest BCUT2D eigenvalue weighted by molar-refractivity contribution is -0.173. The van der Waals surface area contributed by atoms with E-state index in [0.29, 0.717) is 25.8 Å². The molecule has 4 aliphatic rings. The molecule has 214 valence electrons. The van der Waals surface area contributed by atoms with Gasteiger partial charge in [-0.15, -0.1) is 0 Å². The van der Waals surface area contributed by atoms with E-state index in [-0.39, 0.29) is 66.3 Å². The van der Waals surface area contributed by atoms with E-state index in [1.807, 2.05) is 13.0 Å². The summed E-state index contributed by atoms with van der Waals surface area (Å²) in [5.74, 6) is -1.63. The van der Waals surface area contributed by atoms with Crippen molar-refractivity contribution in [1.29, 1.82) is 0 Å². The number of Topliss-reactive ketones (excluding diaryl/α,β-unsaturated/α-hetero) is 2. The van der Waals surface area contributed by atoms with Crippen molar-refractivity contribution in [3.05, 3.63) is 41.7 Å². The molecule has 1 aromatic rings. The van der Waals surface area contributed by atoms with Crippen molar-refractivity contribution in [2.75, 3.05) is 6.61 Å². The predicted octanol–water partition coefficient (Wildman–Crippen LogP) is 3.03. The van der Waals surface area contributed by atoms with Crippen LogP contribution in [0, 0.1) is 28.6 Å². The standard InChI is InChI=1S/C31H38N2O7/c1-29-11-9-21(34)14-20(29)5-6-22-23-10-12-31(39,30(23,2)15-24(35)28(22)29)25(36)18-40-27(38)8-7-26(37)33-17-19-4-3-13-32-16-19/h3-4,13-14,16,22-23,28,39H,5-12,15,17-18H2,1-2H3,(H,33,37)/t22-,23-,28+,29+,30+,31+/m1/s1. The molecule has 1 heterocycles. The van der Waals surface area contributed by atoms with Crippen molar-refractivity contribution in [2.24, 2.45) is 28.6 Å². The number of aliphatic hydroxyl groups is 1. The highest BCUT2D eigenvalue weighted by molar-refractivity contribution is 5.95. The lowest BCUT2D eigenvalue weighted by atomic mass is 9.46. The maximum atomic E-state index is 13.7. The van der Waals surface area contributed by atoms with Crippen LogP contribution >= 0.6 is 0 Å². The van der Waals surface area contributed by atoms with Crippen LogP contribution in [0.15, 0.2) is 36.2 Å². The van der Waals surface area contributed by atoms with Gasteiger partial charge < -0.3 is 15.2 Å². The maximum Gasteiger partial charge on any atom is 0.306 e. The first kappa shape index (κ1) is 28.3. The van der Waals surface area contributed by atoms with Gasteiger partial charge in [-0.1, -0.05) is 25.5 Å². The van der Waals surface area contributed by atoms with E-state index in [4.69, 9.17) is 4.74 Å². The number of ketones is 3. The van der Waals surface area contributed by atoms with Gasteiger partial charge in [0.25, 0.3) is 0 Å². The summed E-state index contributed by atoms with van der Waals surface area (Å²) in [6.45, 7) is 3.64. The number of rotatable bonds is 8. The topological polar surface area (TPSA) is 140 Å². The summed E-state index contributed by atoms with van der Waals surface area (Å²) < 4.78 is 5.19. The number of carbonyl (C=O) groups is 5. The molecule has 2 N–H and O–H groups in total. The highest BCUT2D eigenvalue weighted by Crippen LogP contribution is 2.66. The second kappa shape index (κ2) is 10.7. The molecule has 1 aromatic heterocycles. The number of nitrogens with one attached hydrogen (secondary N) is 1. The van der Waals surface area contributed by atoms with Crippen molar-refractivity contribution in [1.82, 2.24) is 10.3 Å². The average Bonchev–Trinajstić information content (AvgIpc) is 3.20. The quantitative estimate of drug-likeness (QED) is 0.471. The molecule has 0 aromatic carbocycles. The molecular formula is C31H38N2O7. The normalized spacial score (nSPS) is 34.7. The molecule has 0 spiro atoms. The number of carbonyl (C=O) groups excluding carboxylic acids is 5. The van der Waals surface area contributed by atoms with E-state index in [1.54, 1.807) is 24.5 Å². The molecule has 4 aliphatic carbocycles. The second-order valence-electron chi connectivity index (χ2n) is 12.5. The Labute approximate surface area is 234 Å². The number of ether oxygens (including phenoxy) is 1. The summed E-state index contributed by atoms with van der Waals surface area (Å²) in [5, 5.41) is 14.5. The predicted molar refractivity (Wildman–Crippen MR) is 143 cm³/mol. The highest BCUT2D eigenvalue weighted by atomic mass is 16.5. The molecule has 9 nitrogen and oxygen atoms in total. The number of aromatic nitrogens is 1. The van der Waals surface area contributed by atoms with E-state index in [2.05, 4.69) is 17.2 Å². The molecule has 0 radical (unpaired) electrons. The molecule has 40 heavy (non-hydrogen) atoms. The minimum absolute atomic E-state index is 0.0145. The van der Waals surface area contributed by atoms with Gasteiger partial charge in [0.05, 0.1) is 6.42 Å². The summed E-state index contributed by atoms with van der Waals surface area (Å²) in [4.78, 5) is 67.5. The SMILES string of the molecule is C[C@]12CCC(=O)C=C1CC[C@H]1[C@H]2C(=O)C[C@@]2(C)[C@@H]1CC[C@]2(O)C(=O)COC(=O)CCC(=O)NCc1cccnc1. The molecule has 0 bridgehead atoms. The third-order valence-electron chi connectivity index (χ3n) is 10.4. The van der Waals surface area contributed by atoms with Gasteiger partial charge in [-0.25, -0.2) is 0 Å². The number of amides is 1. The van der Waals surface area contributed by atoms with Crippen LogP contribution in [-0.2, 0) is 35.3 Å². The van der Waals surface area contributed by atoms with Crippen LogP contribution in [0.25, 0.3) is 0 Å². The number of allylic oxidation sites excluding steroid dienone is 1. The number of fused-ring (bicyclic) bond motifs is 5. The average molecular weight is 551 g/mol. The first-order valence-electron chi connectivity index (χ1n) is 14.3. The molecule has 9 heteroatoms. The smallest absolute Gasteiger partial charge is 0.306 e. The summed E-state index contributed by atoms with van der Waals surface area (Å²) in [7, 11) is 0. The van der Waals surface area contributed by atoms with Crippen LogP contribution in [0.3, 0.4) is 0 Å². The first-order chi connectivity index (χ1) is 19.0. The fraction of sp³-hybridized carbons (Fsp3) is 0.613. The van der Waals surface area contributed by atoms with Crippen LogP contribution in [0.1, 0.15) is 77.2 Å². The zero-order chi connectivity index (χ0) is 28.7. The summed E-state index contributed by atoms with van der Waals surface area (Å²) in [6.07, 6.45) is 8.28. The largest absolute Gasteiger partial charge is 0.458 e. The fourth-order valence-electron chi connectivity index (χ4n) is 8.19. The van der Waals surface area contributed by atoms with Gasteiger partial charge in [0, 0.05) is 49.5 Å². The van der Waals surface area contributed by atoms with Gasteiger partial charge in [-0.3, -0.25) is 29.0 Å². The molecule has 3 fully saturated rings. The Kier molecular flexibility index (Phi) is 7.54. The van der Waals surface area contributed by atoms with E-state index < -0.39 is 29.4 Å². The molecule has 0 unspecified atom stereocenters. The Hall–Kier alpha value is -3.20. The Balaban J connectivity index is 1.18. The Bertz CT molecular complexity index is 1260. The number of hydrogen-bond donors (Lipinski definition) is 2. The van der Waals surface area contributed by atoms with Crippen LogP contribution in [0.4, 0.5) is 0 Å². The van der Waals surface area contributed by atoms with Crippen LogP contribution in [0.5, 0.6) is 0 Å². The number of pyridine rings is 1. The van der Waals surface area contributed by atoms with Gasteiger partial charge in [-0.2, -0.15) is 0 Å². The third kappa shape index (κ3) is 4.82. The molecule has 0 aliphatic heterocycles. The van der Waals surface area contributed by atoms with Crippen LogP contribution in [-0.4, -0.2) is 51.5 Å². The van der Waals surface area contributed by atoms with Crippen molar-refractivity contribution in [2.45, 2.75) is 83.8 Å². The van der Waals surface area contributed by atoms with Gasteiger partial charge in [0.2, 0.25) is 11.7 Å². The van der Waals surface area contributed by atoms with Gasteiger partial charge in [0.1, 0.15) is 11.4 Å². The van der Waals surface area contributed by atoms with Crippen molar-refractivity contribution >= 4 is 29.2 Å². The molecule has 6 atom stereocenters. The lowest BCUT2D eigenvalue weighted by Gasteiger charge is -2.57. The monoisotopic (exact) mass is 550 g/mol. The van der Waals surface area contributed by atoms with Gasteiger partial charge in [-0.05, 0) is 67.1 Å². The van der Waals surface area contributed by atoms with E-state index >= 15 is 0 Å². The maximum absolute atomic E-state index is 13.7. The fourth-order valence-corrected chi connectivity index (χ4v) is 8.19. The zero-order valence-electron chi connectivity index (χ0n) is 23.2. The van der Waals surface area contributed by atoms with E-state index in [1.165, 1.54) is 0 Å². The first-order valence-corrected chi connectivity index (χ1v) is 14.3. The summed E-state index contributed by atoms with van der Waals surface area (Å²) in [6, 6.07) is 3.59. The van der Waals surface area contributed by atoms with E-state index in [9.17, 15) is 29.1 Å². The van der Waals surface area contributed by atoms with Gasteiger partial charge in [0.15, 0.2) is 12.4 Å². The Morgan fingerprint density at radius 1 is 1.12 bits per heavy atom. The van der Waals surface area contributed by atoms with Crippen LogP contribution in [0.2, 0.25) is 0 Å². The van der Waals surface area contributed by atoms with Gasteiger partial charge >= 0.3 is 5.97 Å².